The molecular formula is C39H59N3O8. The Hall–Kier alpha value is -4.06. The number of hydrogen-bond donors (Lipinski definition) is 5. The second kappa shape index (κ2) is 27.7. The molecule has 0 fully saturated rings. The molecular weight excluding hydrogens is 638 g/mol. The van der Waals surface area contributed by atoms with Crippen molar-refractivity contribution in [3.8, 4) is 0 Å². The van der Waals surface area contributed by atoms with E-state index in [4.69, 9.17) is 9.47 Å². The Balaban J connectivity index is 2.35. The van der Waals surface area contributed by atoms with Gasteiger partial charge >= 0.3 is 11.9 Å². The van der Waals surface area contributed by atoms with E-state index in [1.807, 2.05) is 19.1 Å². The molecule has 0 bridgehead atoms. The van der Waals surface area contributed by atoms with Crippen molar-refractivity contribution in [3.63, 3.8) is 0 Å². The normalized spacial score (nSPS) is 15.4. The molecule has 0 aliphatic carbocycles. The lowest BCUT2D eigenvalue weighted by Crippen LogP contribution is -2.46. The predicted octanol–water partition coefficient (Wildman–Crippen LogP) is 5.52. The van der Waals surface area contributed by atoms with Crippen LogP contribution in [0.1, 0.15) is 90.7 Å². The molecule has 278 valence electrons. The van der Waals surface area contributed by atoms with Crippen LogP contribution in [-0.2, 0) is 30.3 Å². The van der Waals surface area contributed by atoms with Gasteiger partial charge in [-0.2, -0.15) is 0 Å². The SMILES string of the molecule is C=CC(COC(=O)C(Cc1cnc[nH]1)NC(=O)CCC)C(O)C(O)C(O)COC(=O)CCCC=CCC=CCC=CCC(C)=CCC=CCC. The number of rotatable bonds is 27. The van der Waals surface area contributed by atoms with Crippen LogP contribution in [0.3, 0.4) is 0 Å². The van der Waals surface area contributed by atoms with Gasteiger partial charge in [-0.05, 0) is 58.3 Å². The number of aromatic nitrogens is 2. The monoisotopic (exact) mass is 697 g/mol. The Bertz CT molecular complexity index is 1250. The number of aliphatic hydroxyl groups excluding tert-OH is 3. The molecule has 5 N–H and O–H groups in total. The zero-order valence-electron chi connectivity index (χ0n) is 30.0. The first-order valence-corrected chi connectivity index (χ1v) is 17.6. The largest absolute Gasteiger partial charge is 0.463 e. The molecule has 1 rings (SSSR count). The van der Waals surface area contributed by atoms with Crippen LogP contribution in [0.2, 0.25) is 0 Å². The molecule has 0 saturated heterocycles. The molecule has 0 aliphatic heterocycles. The summed E-state index contributed by atoms with van der Waals surface area (Å²) in [6, 6.07) is -1.00. The highest BCUT2D eigenvalue weighted by atomic mass is 16.5. The lowest BCUT2D eigenvalue weighted by atomic mass is 9.95. The first-order valence-electron chi connectivity index (χ1n) is 17.6. The fourth-order valence-electron chi connectivity index (χ4n) is 4.63. The van der Waals surface area contributed by atoms with Crippen molar-refractivity contribution in [2.75, 3.05) is 13.2 Å². The highest BCUT2D eigenvalue weighted by Gasteiger charge is 2.32. The Labute approximate surface area is 298 Å². The summed E-state index contributed by atoms with van der Waals surface area (Å²) in [5.41, 5.74) is 1.98. The molecule has 0 radical (unpaired) electrons. The van der Waals surface area contributed by atoms with E-state index in [9.17, 15) is 29.7 Å². The van der Waals surface area contributed by atoms with Crippen LogP contribution in [-0.4, -0.2) is 80.7 Å². The molecule has 1 amide bonds. The Kier molecular flexibility index (Phi) is 24.4. The van der Waals surface area contributed by atoms with Gasteiger partial charge in [0.2, 0.25) is 5.91 Å². The van der Waals surface area contributed by atoms with Gasteiger partial charge in [-0.1, -0.05) is 80.2 Å². The summed E-state index contributed by atoms with van der Waals surface area (Å²) < 4.78 is 10.4. The van der Waals surface area contributed by atoms with Crippen molar-refractivity contribution in [1.82, 2.24) is 15.3 Å². The Morgan fingerprint density at radius 1 is 0.920 bits per heavy atom. The Morgan fingerprint density at radius 3 is 2.28 bits per heavy atom. The quantitative estimate of drug-likeness (QED) is 0.0451. The molecule has 11 heteroatoms. The molecule has 11 nitrogen and oxygen atoms in total. The summed E-state index contributed by atoms with van der Waals surface area (Å²) in [5.74, 6) is -2.54. The number of H-pyrrole nitrogens is 1. The summed E-state index contributed by atoms with van der Waals surface area (Å²) in [5, 5.41) is 34.1. The lowest BCUT2D eigenvalue weighted by molar-refractivity contribution is -0.156. The molecule has 1 aromatic rings. The maximum absolute atomic E-state index is 12.8. The molecule has 0 aliphatic rings. The summed E-state index contributed by atoms with van der Waals surface area (Å²) in [6.07, 6.45) is 25.7. The zero-order valence-corrected chi connectivity index (χ0v) is 30.0. The number of hydrogen-bond acceptors (Lipinski definition) is 9. The third-order valence-electron chi connectivity index (χ3n) is 7.63. The fraction of sp³-hybridized carbons (Fsp3) is 0.538. The van der Waals surface area contributed by atoms with Gasteiger partial charge in [0.15, 0.2) is 0 Å². The number of nitrogens with one attached hydrogen (secondary N) is 2. The maximum Gasteiger partial charge on any atom is 0.329 e. The second-order valence-corrected chi connectivity index (χ2v) is 12.1. The van der Waals surface area contributed by atoms with E-state index in [0.29, 0.717) is 25.0 Å². The summed E-state index contributed by atoms with van der Waals surface area (Å²) in [6.45, 7) is 8.86. The fourth-order valence-corrected chi connectivity index (χ4v) is 4.63. The smallest absolute Gasteiger partial charge is 0.329 e. The van der Waals surface area contributed by atoms with E-state index in [2.05, 4.69) is 78.2 Å². The van der Waals surface area contributed by atoms with E-state index in [1.54, 1.807) is 0 Å². The zero-order chi connectivity index (χ0) is 37.0. The molecule has 0 saturated carbocycles. The van der Waals surface area contributed by atoms with Gasteiger partial charge in [0.1, 0.15) is 31.5 Å². The number of unbranched alkanes of at least 4 members (excludes halogenated alkanes) is 1. The highest BCUT2D eigenvalue weighted by molar-refractivity contribution is 5.84. The number of aromatic amines is 1. The summed E-state index contributed by atoms with van der Waals surface area (Å²) >= 11 is 0. The average molecular weight is 698 g/mol. The second-order valence-electron chi connectivity index (χ2n) is 12.1. The van der Waals surface area contributed by atoms with Crippen molar-refractivity contribution < 1.29 is 39.2 Å². The van der Waals surface area contributed by atoms with Gasteiger partial charge in [0, 0.05) is 37.1 Å². The van der Waals surface area contributed by atoms with E-state index in [1.165, 1.54) is 24.2 Å². The van der Waals surface area contributed by atoms with Crippen LogP contribution in [0.15, 0.2) is 85.4 Å². The summed E-state index contributed by atoms with van der Waals surface area (Å²) in [4.78, 5) is 43.9. The van der Waals surface area contributed by atoms with Crippen LogP contribution in [0.5, 0.6) is 0 Å². The number of carbonyl (C=O) groups excluding carboxylic acids is 3. The maximum atomic E-state index is 12.8. The van der Waals surface area contributed by atoms with E-state index >= 15 is 0 Å². The first kappa shape index (κ1) is 44.0. The van der Waals surface area contributed by atoms with Crippen molar-refractivity contribution >= 4 is 17.8 Å². The van der Waals surface area contributed by atoms with Gasteiger partial charge in [0.25, 0.3) is 0 Å². The number of allylic oxidation sites excluding steroid dienone is 10. The van der Waals surface area contributed by atoms with E-state index in [0.717, 1.165) is 32.1 Å². The van der Waals surface area contributed by atoms with Crippen LogP contribution < -0.4 is 5.32 Å². The predicted molar refractivity (Wildman–Crippen MR) is 196 cm³/mol. The van der Waals surface area contributed by atoms with Gasteiger partial charge in [-0.25, -0.2) is 9.78 Å². The van der Waals surface area contributed by atoms with E-state index < -0.39 is 48.8 Å². The Morgan fingerprint density at radius 2 is 1.62 bits per heavy atom. The molecule has 0 aromatic carbocycles. The molecule has 0 spiro atoms. The topological polar surface area (TPSA) is 171 Å². The average Bonchev–Trinajstić information content (AvgIpc) is 3.62. The molecule has 1 aromatic heterocycles. The third-order valence-corrected chi connectivity index (χ3v) is 7.63. The molecule has 5 atom stereocenters. The minimum Gasteiger partial charge on any atom is -0.463 e. The van der Waals surface area contributed by atoms with Crippen LogP contribution in [0, 0.1) is 5.92 Å². The molecule has 50 heavy (non-hydrogen) atoms. The molecule has 5 unspecified atom stereocenters. The number of carbonyl (C=O) groups is 3. The van der Waals surface area contributed by atoms with Gasteiger partial charge in [-0.15, -0.1) is 6.58 Å². The van der Waals surface area contributed by atoms with Crippen molar-refractivity contribution in [2.24, 2.45) is 5.92 Å². The number of aliphatic hydroxyl groups is 3. The molecule has 1 heterocycles. The number of imidazole rings is 1. The standard InChI is InChI=1S/C39H59N3O8/c1-5-8-9-18-22-30(4)23-19-16-14-12-10-11-13-15-17-20-24-36(45)49-28-34(43)38(47)37(46)31(7-3)27-50-39(48)33(42-35(44)21-6-2)25-32-26-40-29-41-32/h7-10,12-13,15-16,19,22,26,29,31,33-34,37-38,43,46-47H,3,5-6,11,14,17-18,20-21,23-25,27-28H2,1-2,4H3,(H,40,41)(H,42,44). The van der Waals surface area contributed by atoms with Crippen molar-refractivity contribution in [1.29, 1.82) is 0 Å². The number of esters is 2. The van der Waals surface area contributed by atoms with Crippen molar-refractivity contribution in [2.45, 2.75) is 116 Å². The van der Waals surface area contributed by atoms with E-state index in [-0.39, 0.29) is 31.8 Å². The number of ether oxygens (including phenoxy) is 2. The van der Waals surface area contributed by atoms with Crippen molar-refractivity contribution in [3.05, 3.63) is 91.1 Å². The highest BCUT2D eigenvalue weighted by Crippen LogP contribution is 2.15. The van der Waals surface area contributed by atoms with Crippen LogP contribution in [0.4, 0.5) is 0 Å². The van der Waals surface area contributed by atoms with Crippen LogP contribution >= 0.6 is 0 Å². The van der Waals surface area contributed by atoms with Crippen LogP contribution in [0.25, 0.3) is 0 Å². The van der Waals surface area contributed by atoms with Gasteiger partial charge < -0.3 is 35.1 Å². The van der Waals surface area contributed by atoms with Gasteiger partial charge in [0.05, 0.1) is 12.4 Å². The minimum atomic E-state index is -1.71. The summed E-state index contributed by atoms with van der Waals surface area (Å²) in [7, 11) is 0. The minimum absolute atomic E-state index is 0.115. The third kappa shape index (κ3) is 20.5. The number of nitrogens with zero attached hydrogens (tertiary/aromatic N) is 1. The first-order chi connectivity index (χ1) is 24.1. The lowest BCUT2D eigenvalue weighted by Gasteiger charge is -2.28. The van der Waals surface area contributed by atoms with Gasteiger partial charge in [-0.3, -0.25) is 9.59 Å². The number of amides is 1.